The van der Waals surface area contributed by atoms with Crippen LogP contribution in [0, 0.1) is 11.7 Å². The minimum atomic E-state index is -1.07. The van der Waals surface area contributed by atoms with Crippen molar-refractivity contribution in [1.82, 2.24) is 24.8 Å². The molecule has 1 aromatic carbocycles. The van der Waals surface area contributed by atoms with Gasteiger partial charge in [-0.05, 0) is 58.0 Å². The molecule has 1 saturated heterocycles. The summed E-state index contributed by atoms with van der Waals surface area (Å²) in [6.07, 6.45) is 1.41. The molecule has 4 rings (SSSR count). The van der Waals surface area contributed by atoms with Gasteiger partial charge in [0, 0.05) is 24.4 Å². The summed E-state index contributed by atoms with van der Waals surface area (Å²) in [7, 11) is 0. The number of thiazole rings is 1. The summed E-state index contributed by atoms with van der Waals surface area (Å²) in [5, 5.41) is 9.19. The molecule has 0 radical (unpaired) electrons. The van der Waals surface area contributed by atoms with Gasteiger partial charge in [0.2, 0.25) is 4.77 Å². The number of piperidine rings is 1. The summed E-state index contributed by atoms with van der Waals surface area (Å²) in [6, 6.07) is 7.06. The van der Waals surface area contributed by atoms with Crippen molar-refractivity contribution < 1.29 is 14.3 Å². The molecule has 0 saturated carbocycles. The SMILES string of the molecule is Cc1n[nH]c(=S)n(NC(=O)c2csc(C3CCN(C(=O)C(C)(C)Oc4ccccc4Cl)CC3)n2)c1=O. The number of halogens is 1. The molecule has 3 aromatic rings. The highest BCUT2D eigenvalue weighted by atomic mass is 35.5. The quantitative estimate of drug-likeness (QED) is 0.451. The molecular formula is C23H25ClN6O4S2. The highest BCUT2D eigenvalue weighted by molar-refractivity contribution is 7.71. The van der Waals surface area contributed by atoms with E-state index in [1.165, 1.54) is 18.3 Å². The van der Waals surface area contributed by atoms with Gasteiger partial charge < -0.3 is 9.64 Å². The van der Waals surface area contributed by atoms with Crippen LogP contribution in [-0.2, 0) is 4.79 Å². The Bertz CT molecular complexity index is 1410. The molecule has 0 aliphatic carbocycles. The maximum atomic E-state index is 13.2. The lowest BCUT2D eigenvalue weighted by molar-refractivity contribution is -0.146. The summed E-state index contributed by atoms with van der Waals surface area (Å²) in [5.41, 5.74) is 1.25. The lowest BCUT2D eigenvalue weighted by atomic mass is 9.96. The van der Waals surface area contributed by atoms with E-state index >= 15 is 0 Å². The fourth-order valence-corrected chi connectivity index (χ4v) is 5.20. The van der Waals surface area contributed by atoms with Crippen molar-refractivity contribution in [2.24, 2.45) is 0 Å². The van der Waals surface area contributed by atoms with Crippen LogP contribution in [0.15, 0.2) is 34.4 Å². The third kappa shape index (κ3) is 5.50. The second-order valence-corrected chi connectivity index (χ2v) is 10.6. The number of hydrogen-bond acceptors (Lipinski definition) is 8. The van der Waals surface area contributed by atoms with Gasteiger partial charge >= 0.3 is 0 Å². The monoisotopic (exact) mass is 548 g/mol. The van der Waals surface area contributed by atoms with E-state index in [0.717, 1.165) is 9.68 Å². The molecule has 3 heterocycles. The smallest absolute Gasteiger partial charge is 0.295 e. The molecule has 2 N–H and O–H groups in total. The number of likely N-dealkylation sites (tertiary alicyclic amines) is 1. The molecule has 0 spiro atoms. The van der Waals surface area contributed by atoms with E-state index < -0.39 is 17.1 Å². The molecular weight excluding hydrogens is 524 g/mol. The fourth-order valence-electron chi connectivity index (χ4n) is 3.88. The largest absolute Gasteiger partial charge is 0.476 e. The predicted octanol–water partition coefficient (Wildman–Crippen LogP) is 3.67. The van der Waals surface area contributed by atoms with E-state index in [0.29, 0.717) is 36.7 Å². The second-order valence-electron chi connectivity index (χ2n) is 8.88. The molecule has 2 aromatic heterocycles. The van der Waals surface area contributed by atoms with Crippen LogP contribution in [0.4, 0.5) is 0 Å². The highest BCUT2D eigenvalue weighted by Gasteiger charge is 2.37. The van der Waals surface area contributed by atoms with Gasteiger partial charge in [-0.3, -0.25) is 24.9 Å². The first-order chi connectivity index (χ1) is 17.1. The average Bonchev–Trinajstić information content (AvgIpc) is 3.36. The van der Waals surface area contributed by atoms with Gasteiger partial charge in [0.25, 0.3) is 17.4 Å². The van der Waals surface area contributed by atoms with Gasteiger partial charge in [0.15, 0.2) is 5.60 Å². The molecule has 0 unspecified atom stereocenters. The third-order valence-electron chi connectivity index (χ3n) is 5.85. The molecule has 10 nitrogen and oxygen atoms in total. The number of aromatic nitrogens is 4. The average molecular weight is 549 g/mol. The maximum absolute atomic E-state index is 13.2. The van der Waals surface area contributed by atoms with Crippen LogP contribution in [0.1, 0.15) is 53.8 Å². The van der Waals surface area contributed by atoms with Gasteiger partial charge in [-0.1, -0.05) is 23.7 Å². The van der Waals surface area contributed by atoms with Crippen LogP contribution in [0.3, 0.4) is 0 Å². The number of carbonyl (C=O) groups excluding carboxylic acids is 2. The van der Waals surface area contributed by atoms with E-state index in [9.17, 15) is 14.4 Å². The normalized spacial score (nSPS) is 14.5. The van der Waals surface area contributed by atoms with E-state index in [2.05, 4.69) is 20.6 Å². The number of rotatable bonds is 6. The van der Waals surface area contributed by atoms with Crippen molar-refractivity contribution >= 4 is 47.0 Å². The standard InChI is InChI=1S/C23H25ClN6O4S2/c1-13-20(32)30(22(35)27-26-13)28-18(31)16-12-36-19(25-16)14-8-10-29(11-9-14)21(33)23(2,3)34-17-7-5-4-6-15(17)24/h4-7,12,14H,8-11H2,1-3H3,(H,27,35)(H,28,31). The Kier molecular flexibility index (Phi) is 7.57. The lowest BCUT2D eigenvalue weighted by Crippen LogP contribution is -2.51. The number of amides is 2. The first-order valence-electron chi connectivity index (χ1n) is 11.2. The van der Waals surface area contributed by atoms with E-state index in [-0.39, 0.29) is 28.0 Å². The first-order valence-corrected chi connectivity index (χ1v) is 12.9. The molecule has 2 amide bonds. The zero-order valence-corrected chi connectivity index (χ0v) is 22.3. The van der Waals surface area contributed by atoms with Crippen LogP contribution in [0.5, 0.6) is 5.75 Å². The molecule has 0 bridgehead atoms. The van der Waals surface area contributed by atoms with Crippen LogP contribution >= 0.6 is 35.2 Å². The van der Waals surface area contributed by atoms with Crippen molar-refractivity contribution in [3.8, 4) is 5.75 Å². The minimum absolute atomic E-state index is 0.0205. The predicted molar refractivity (Wildman–Crippen MR) is 139 cm³/mol. The minimum Gasteiger partial charge on any atom is -0.476 e. The number of hydrogen-bond donors (Lipinski definition) is 2. The molecule has 190 valence electrons. The maximum Gasteiger partial charge on any atom is 0.295 e. The van der Waals surface area contributed by atoms with Crippen molar-refractivity contribution in [3.63, 3.8) is 0 Å². The number of nitrogens with one attached hydrogen (secondary N) is 2. The third-order valence-corrected chi connectivity index (χ3v) is 7.44. The number of aromatic amines is 1. The van der Waals surface area contributed by atoms with Crippen LogP contribution in [0.2, 0.25) is 5.02 Å². The van der Waals surface area contributed by atoms with Crippen LogP contribution < -0.4 is 15.7 Å². The number of aryl methyl sites for hydroxylation is 1. The summed E-state index contributed by atoms with van der Waals surface area (Å²) >= 11 is 12.6. The van der Waals surface area contributed by atoms with Gasteiger partial charge in [0.05, 0.1) is 10.0 Å². The van der Waals surface area contributed by atoms with Crippen molar-refractivity contribution in [2.45, 2.75) is 45.1 Å². The van der Waals surface area contributed by atoms with Gasteiger partial charge in [-0.2, -0.15) is 9.77 Å². The van der Waals surface area contributed by atoms with E-state index in [1.54, 1.807) is 48.4 Å². The number of ether oxygens (including phenoxy) is 1. The molecule has 13 heteroatoms. The fraction of sp³-hybridized carbons (Fsp3) is 0.391. The number of carbonyl (C=O) groups is 2. The topological polar surface area (TPSA) is 122 Å². The zero-order chi connectivity index (χ0) is 26.0. The molecule has 1 fully saturated rings. The molecule has 1 aliphatic rings. The Morgan fingerprint density at radius 3 is 2.67 bits per heavy atom. The Morgan fingerprint density at radius 2 is 1.97 bits per heavy atom. The molecule has 36 heavy (non-hydrogen) atoms. The number of H-pyrrole nitrogens is 1. The van der Waals surface area contributed by atoms with Gasteiger partial charge in [-0.15, -0.1) is 11.3 Å². The summed E-state index contributed by atoms with van der Waals surface area (Å²) in [5.74, 6) is -0.0846. The molecule has 1 aliphatic heterocycles. The lowest BCUT2D eigenvalue weighted by Gasteiger charge is -2.36. The Balaban J connectivity index is 1.37. The van der Waals surface area contributed by atoms with Gasteiger partial charge in [-0.25, -0.2) is 4.98 Å². The Morgan fingerprint density at radius 1 is 1.28 bits per heavy atom. The Labute approximate surface area is 221 Å². The zero-order valence-electron chi connectivity index (χ0n) is 19.9. The number of nitrogens with zero attached hydrogens (tertiary/aromatic N) is 4. The number of benzene rings is 1. The van der Waals surface area contributed by atoms with Crippen molar-refractivity contribution in [2.75, 3.05) is 18.5 Å². The van der Waals surface area contributed by atoms with Crippen molar-refractivity contribution in [3.05, 3.63) is 66.2 Å². The van der Waals surface area contributed by atoms with Gasteiger partial charge in [0.1, 0.15) is 17.1 Å². The highest BCUT2D eigenvalue weighted by Crippen LogP contribution is 2.33. The second kappa shape index (κ2) is 10.5. The molecule has 0 atom stereocenters. The van der Waals surface area contributed by atoms with E-state index in [4.69, 9.17) is 28.6 Å². The van der Waals surface area contributed by atoms with Crippen molar-refractivity contribution in [1.29, 1.82) is 0 Å². The number of para-hydroxylation sites is 1. The Hall–Kier alpha value is -3.09. The summed E-state index contributed by atoms with van der Waals surface area (Å²) < 4.78 is 6.87. The van der Waals surface area contributed by atoms with Crippen LogP contribution in [-0.4, -0.2) is 55.3 Å². The summed E-state index contributed by atoms with van der Waals surface area (Å²) in [6.45, 7) is 6.07. The van der Waals surface area contributed by atoms with Crippen LogP contribution in [0.25, 0.3) is 0 Å². The van der Waals surface area contributed by atoms with E-state index in [1.807, 2.05) is 0 Å². The summed E-state index contributed by atoms with van der Waals surface area (Å²) in [4.78, 5) is 44.3. The first kappa shape index (κ1) is 26.0.